The van der Waals surface area contributed by atoms with Gasteiger partial charge in [0.1, 0.15) is 5.60 Å². The minimum atomic E-state index is -0.802. The Morgan fingerprint density at radius 2 is 1.95 bits per heavy atom. The van der Waals surface area contributed by atoms with Crippen molar-refractivity contribution in [2.24, 2.45) is 0 Å². The predicted octanol–water partition coefficient (Wildman–Crippen LogP) is 1.93. The molecule has 0 aromatic rings. The van der Waals surface area contributed by atoms with Gasteiger partial charge in [0.05, 0.1) is 6.54 Å². The third-order valence-electron chi connectivity index (χ3n) is 3.85. The van der Waals surface area contributed by atoms with Crippen LogP contribution >= 0.6 is 0 Å². The SMILES string of the molecule is CC(C)(C)OC(=O)N1CCC[C@@H]1CN(CC(=O)O)C1CC1. The fourth-order valence-electron chi connectivity index (χ4n) is 2.81. The van der Waals surface area contributed by atoms with Gasteiger partial charge in [0, 0.05) is 25.2 Å². The molecular formula is C15H26N2O4. The molecule has 0 unspecified atom stereocenters. The fraction of sp³-hybridized carbons (Fsp3) is 0.867. The Hall–Kier alpha value is -1.30. The molecule has 1 N–H and O–H groups in total. The first-order chi connectivity index (χ1) is 9.76. The molecule has 1 saturated heterocycles. The van der Waals surface area contributed by atoms with Gasteiger partial charge in [-0.25, -0.2) is 4.79 Å². The van der Waals surface area contributed by atoms with Gasteiger partial charge in [-0.3, -0.25) is 9.69 Å². The zero-order valence-electron chi connectivity index (χ0n) is 13.2. The van der Waals surface area contributed by atoms with Crippen LogP contribution in [0.2, 0.25) is 0 Å². The Labute approximate surface area is 126 Å². The van der Waals surface area contributed by atoms with Crippen molar-refractivity contribution in [3.05, 3.63) is 0 Å². The summed E-state index contributed by atoms with van der Waals surface area (Å²) >= 11 is 0. The molecule has 0 aromatic carbocycles. The molecule has 6 heteroatoms. The smallest absolute Gasteiger partial charge is 0.410 e. The molecule has 2 fully saturated rings. The summed E-state index contributed by atoms with van der Waals surface area (Å²) in [6.45, 7) is 6.97. The Kier molecular flexibility index (Phi) is 4.76. The molecule has 1 heterocycles. The van der Waals surface area contributed by atoms with Crippen molar-refractivity contribution in [1.82, 2.24) is 9.80 Å². The number of aliphatic carboxylic acids is 1. The van der Waals surface area contributed by atoms with Crippen molar-refractivity contribution in [1.29, 1.82) is 0 Å². The lowest BCUT2D eigenvalue weighted by molar-refractivity contribution is -0.138. The van der Waals surface area contributed by atoms with Gasteiger partial charge in [0.2, 0.25) is 0 Å². The van der Waals surface area contributed by atoms with Crippen molar-refractivity contribution >= 4 is 12.1 Å². The van der Waals surface area contributed by atoms with Crippen LogP contribution in [0, 0.1) is 0 Å². The third-order valence-corrected chi connectivity index (χ3v) is 3.85. The first-order valence-corrected chi connectivity index (χ1v) is 7.72. The van der Waals surface area contributed by atoms with Crippen molar-refractivity contribution in [2.45, 2.75) is 64.1 Å². The van der Waals surface area contributed by atoms with Crippen LogP contribution in [0.1, 0.15) is 46.5 Å². The van der Waals surface area contributed by atoms with E-state index in [4.69, 9.17) is 9.84 Å². The first kappa shape index (κ1) is 16.1. The molecule has 0 aromatic heterocycles. The zero-order chi connectivity index (χ0) is 15.6. The van der Waals surface area contributed by atoms with Gasteiger partial charge in [-0.1, -0.05) is 0 Å². The molecule has 6 nitrogen and oxygen atoms in total. The van der Waals surface area contributed by atoms with Crippen molar-refractivity contribution in [3.8, 4) is 0 Å². The Morgan fingerprint density at radius 1 is 1.29 bits per heavy atom. The van der Waals surface area contributed by atoms with E-state index in [1.54, 1.807) is 4.90 Å². The molecule has 0 radical (unpaired) electrons. The maximum absolute atomic E-state index is 12.2. The Balaban J connectivity index is 1.94. The van der Waals surface area contributed by atoms with Crippen LogP contribution in [-0.4, -0.2) is 64.3 Å². The number of carbonyl (C=O) groups is 2. The van der Waals surface area contributed by atoms with E-state index in [1.165, 1.54) is 0 Å². The van der Waals surface area contributed by atoms with Gasteiger partial charge in [0.15, 0.2) is 0 Å². The van der Waals surface area contributed by atoms with E-state index in [0.29, 0.717) is 19.1 Å². The van der Waals surface area contributed by atoms with E-state index in [2.05, 4.69) is 0 Å². The highest BCUT2D eigenvalue weighted by Crippen LogP contribution is 2.29. The highest BCUT2D eigenvalue weighted by molar-refractivity contribution is 5.70. The number of hydrogen-bond donors (Lipinski definition) is 1. The Bertz CT molecular complexity index is 401. The molecule has 120 valence electrons. The summed E-state index contributed by atoms with van der Waals surface area (Å²) in [6.07, 6.45) is 3.72. The van der Waals surface area contributed by atoms with Crippen LogP contribution in [0.5, 0.6) is 0 Å². The molecular weight excluding hydrogens is 272 g/mol. The predicted molar refractivity (Wildman–Crippen MR) is 78.2 cm³/mol. The average molecular weight is 298 g/mol. The van der Waals surface area contributed by atoms with Crippen molar-refractivity contribution in [3.63, 3.8) is 0 Å². The second kappa shape index (κ2) is 6.22. The lowest BCUT2D eigenvalue weighted by Crippen LogP contribution is -2.46. The van der Waals surface area contributed by atoms with Crippen LogP contribution in [0.15, 0.2) is 0 Å². The molecule has 1 atom stereocenters. The van der Waals surface area contributed by atoms with E-state index in [-0.39, 0.29) is 18.7 Å². The van der Waals surface area contributed by atoms with Gasteiger partial charge in [0.25, 0.3) is 0 Å². The number of rotatable bonds is 5. The summed E-state index contributed by atoms with van der Waals surface area (Å²) in [5, 5.41) is 9.02. The lowest BCUT2D eigenvalue weighted by atomic mass is 10.2. The highest BCUT2D eigenvalue weighted by Gasteiger charge is 2.37. The largest absolute Gasteiger partial charge is 0.480 e. The second-order valence-corrected chi connectivity index (χ2v) is 7.02. The fourth-order valence-corrected chi connectivity index (χ4v) is 2.81. The molecule has 0 bridgehead atoms. The highest BCUT2D eigenvalue weighted by atomic mass is 16.6. The van der Waals surface area contributed by atoms with Crippen LogP contribution in [-0.2, 0) is 9.53 Å². The number of carboxylic acid groups (broad SMARTS) is 1. The summed E-state index contributed by atoms with van der Waals surface area (Å²) in [6, 6.07) is 0.446. The molecule has 2 rings (SSSR count). The van der Waals surface area contributed by atoms with E-state index >= 15 is 0 Å². The summed E-state index contributed by atoms with van der Waals surface area (Å²) in [7, 11) is 0. The van der Waals surface area contributed by atoms with Gasteiger partial charge >= 0.3 is 12.1 Å². The summed E-state index contributed by atoms with van der Waals surface area (Å²) in [5.74, 6) is -0.802. The van der Waals surface area contributed by atoms with Gasteiger partial charge < -0.3 is 14.7 Å². The quantitative estimate of drug-likeness (QED) is 0.840. The number of amides is 1. The van der Waals surface area contributed by atoms with E-state index < -0.39 is 11.6 Å². The second-order valence-electron chi connectivity index (χ2n) is 7.02. The van der Waals surface area contributed by atoms with Gasteiger partial charge in [-0.15, -0.1) is 0 Å². The van der Waals surface area contributed by atoms with Crippen LogP contribution in [0.3, 0.4) is 0 Å². The third kappa shape index (κ3) is 4.88. The topological polar surface area (TPSA) is 70.1 Å². The van der Waals surface area contributed by atoms with Crippen LogP contribution in [0.4, 0.5) is 4.79 Å². The monoisotopic (exact) mass is 298 g/mol. The number of nitrogens with zero attached hydrogens (tertiary/aromatic N) is 2. The number of ether oxygens (including phenoxy) is 1. The first-order valence-electron chi connectivity index (χ1n) is 7.72. The maximum Gasteiger partial charge on any atom is 0.410 e. The minimum Gasteiger partial charge on any atom is -0.480 e. The molecule has 2 aliphatic rings. The van der Waals surface area contributed by atoms with Crippen molar-refractivity contribution in [2.75, 3.05) is 19.6 Å². The molecule has 1 aliphatic carbocycles. The summed E-state index contributed by atoms with van der Waals surface area (Å²) in [4.78, 5) is 27.0. The summed E-state index contributed by atoms with van der Waals surface area (Å²) in [5.41, 5.74) is -0.499. The zero-order valence-corrected chi connectivity index (χ0v) is 13.2. The van der Waals surface area contributed by atoms with E-state index in [1.807, 2.05) is 25.7 Å². The molecule has 1 saturated carbocycles. The molecule has 1 aliphatic heterocycles. The molecule has 1 amide bonds. The van der Waals surface area contributed by atoms with Gasteiger partial charge in [-0.05, 0) is 46.5 Å². The normalized spacial score (nSPS) is 22.7. The number of carbonyl (C=O) groups excluding carboxylic acids is 1. The average Bonchev–Trinajstić information content (AvgIpc) is 3.06. The molecule has 21 heavy (non-hydrogen) atoms. The van der Waals surface area contributed by atoms with Crippen LogP contribution < -0.4 is 0 Å². The lowest BCUT2D eigenvalue weighted by Gasteiger charge is -2.31. The number of likely N-dealkylation sites (tertiary alicyclic amines) is 1. The van der Waals surface area contributed by atoms with Crippen LogP contribution in [0.25, 0.3) is 0 Å². The van der Waals surface area contributed by atoms with E-state index in [9.17, 15) is 9.59 Å². The standard InChI is InChI=1S/C15H26N2O4/c1-15(2,3)21-14(20)17-8-4-5-12(17)9-16(10-13(18)19)11-6-7-11/h11-12H,4-10H2,1-3H3,(H,18,19)/t12-/m1/s1. The van der Waals surface area contributed by atoms with Crippen molar-refractivity contribution < 1.29 is 19.4 Å². The van der Waals surface area contributed by atoms with Gasteiger partial charge in [-0.2, -0.15) is 0 Å². The number of carboxylic acids is 1. The minimum absolute atomic E-state index is 0.0589. The summed E-state index contributed by atoms with van der Waals surface area (Å²) < 4.78 is 5.44. The number of hydrogen-bond acceptors (Lipinski definition) is 4. The van der Waals surface area contributed by atoms with E-state index in [0.717, 1.165) is 25.7 Å². The Morgan fingerprint density at radius 3 is 2.48 bits per heavy atom. The molecule has 0 spiro atoms. The maximum atomic E-state index is 12.2.